The summed E-state index contributed by atoms with van der Waals surface area (Å²) in [6, 6.07) is 11.1. The van der Waals surface area contributed by atoms with Crippen molar-refractivity contribution < 1.29 is 22.3 Å². The molecule has 0 aliphatic carbocycles. The predicted molar refractivity (Wildman–Crippen MR) is 99.6 cm³/mol. The second kappa shape index (κ2) is 7.38. The molecule has 144 valence electrons. The molecule has 27 heavy (non-hydrogen) atoms. The van der Waals surface area contributed by atoms with Crippen LogP contribution in [0.2, 0.25) is 0 Å². The number of nitrogens with one attached hydrogen (secondary N) is 1. The molecule has 1 aliphatic heterocycles. The lowest BCUT2D eigenvalue weighted by Gasteiger charge is -2.40. The SMILES string of the molecule is CC1(C)COCCN1S(=O)(=O)c1ccc(NC(=O)c2ccc(F)cc2)cc1. The second-order valence-electron chi connectivity index (χ2n) is 6.93. The molecular weight excluding hydrogens is 371 g/mol. The van der Waals surface area contributed by atoms with E-state index in [0.29, 0.717) is 31.0 Å². The number of rotatable bonds is 4. The van der Waals surface area contributed by atoms with Gasteiger partial charge in [0.1, 0.15) is 5.82 Å². The zero-order chi connectivity index (χ0) is 19.7. The maximum absolute atomic E-state index is 12.9. The summed E-state index contributed by atoms with van der Waals surface area (Å²) in [5.41, 5.74) is 0.125. The van der Waals surface area contributed by atoms with Crippen molar-refractivity contribution in [2.75, 3.05) is 25.1 Å². The molecule has 1 saturated heterocycles. The van der Waals surface area contributed by atoms with Crippen LogP contribution in [0.3, 0.4) is 0 Å². The number of nitrogens with zero attached hydrogens (tertiary/aromatic N) is 1. The maximum Gasteiger partial charge on any atom is 0.255 e. The standard InChI is InChI=1S/C19H21FN2O4S/c1-19(2)13-26-12-11-22(19)27(24,25)17-9-7-16(8-10-17)21-18(23)14-3-5-15(20)6-4-14/h3-10H,11-13H2,1-2H3,(H,21,23). The van der Waals surface area contributed by atoms with Gasteiger partial charge in [-0.05, 0) is 62.4 Å². The first kappa shape index (κ1) is 19.5. The van der Waals surface area contributed by atoms with Crippen molar-refractivity contribution >= 4 is 21.6 Å². The van der Waals surface area contributed by atoms with Crippen molar-refractivity contribution in [3.63, 3.8) is 0 Å². The fraction of sp³-hybridized carbons (Fsp3) is 0.316. The highest BCUT2D eigenvalue weighted by Crippen LogP contribution is 2.28. The van der Waals surface area contributed by atoms with Gasteiger partial charge in [-0.25, -0.2) is 12.8 Å². The van der Waals surface area contributed by atoms with Gasteiger partial charge in [-0.1, -0.05) is 0 Å². The van der Waals surface area contributed by atoms with Crippen molar-refractivity contribution in [3.8, 4) is 0 Å². The minimum atomic E-state index is -3.67. The van der Waals surface area contributed by atoms with Gasteiger partial charge in [0.05, 0.1) is 23.6 Å². The van der Waals surface area contributed by atoms with Gasteiger partial charge in [0.25, 0.3) is 5.91 Å². The van der Waals surface area contributed by atoms with E-state index >= 15 is 0 Å². The molecule has 1 fully saturated rings. The average Bonchev–Trinajstić information content (AvgIpc) is 2.62. The maximum atomic E-state index is 12.9. The van der Waals surface area contributed by atoms with Gasteiger partial charge in [-0.15, -0.1) is 0 Å². The number of amides is 1. The first-order valence-electron chi connectivity index (χ1n) is 8.48. The number of hydrogen-bond donors (Lipinski definition) is 1. The Morgan fingerprint density at radius 2 is 1.74 bits per heavy atom. The van der Waals surface area contributed by atoms with Gasteiger partial charge < -0.3 is 10.1 Å². The number of carbonyl (C=O) groups is 1. The van der Waals surface area contributed by atoms with E-state index in [2.05, 4.69) is 5.32 Å². The minimum absolute atomic E-state index is 0.150. The highest BCUT2D eigenvalue weighted by molar-refractivity contribution is 7.89. The summed E-state index contributed by atoms with van der Waals surface area (Å²) in [5, 5.41) is 2.66. The first-order valence-corrected chi connectivity index (χ1v) is 9.92. The molecule has 0 saturated carbocycles. The Bertz CT molecular complexity index is 925. The summed E-state index contributed by atoms with van der Waals surface area (Å²) < 4.78 is 45.6. The van der Waals surface area contributed by atoms with Gasteiger partial charge in [-0.2, -0.15) is 4.31 Å². The van der Waals surface area contributed by atoms with Crippen molar-refractivity contribution in [3.05, 3.63) is 59.9 Å². The van der Waals surface area contributed by atoms with Crippen LogP contribution in [-0.4, -0.2) is 43.9 Å². The Hall–Kier alpha value is -2.29. The summed E-state index contributed by atoms with van der Waals surface area (Å²) in [6.45, 7) is 4.62. The predicted octanol–water partition coefficient (Wildman–Crippen LogP) is 2.88. The van der Waals surface area contributed by atoms with Crippen LogP contribution >= 0.6 is 0 Å². The summed E-state index contributed by atoms with van der Waals surface area (Å²) in [6.07, 6.45) is 0. The molecule has 0 spiro atoms. The molecule has 0 radical (unpaired) electrons. The summed E-state index contributed by atoms with van der Waals surface area (Å²) in [5.74, 6) is -0.827. The Balaban J connectivity index is 1.76. The lowest BCUT2D eigenvalue weighted by atomic mass is 10.1. The van der Waals surface area contributed by atoms with E-state index < -0.39 is 27.3 Å². The zero-order valence-electron chi connectivity index (χ0n) is 15.1. The molecule has 0 aromatic heterocycles. The van der Waals surface area contributed by atoms with Crippen LogP contribution in [0.1, 0.15) is 24.2 Å². The van der Waals surface area contributed by atoms with Crippen molar-refractivity contribution in [1.82, 2.24) is 4.31 Å². The molecule has 1 heterocycles. The van der Waals surface area contributed by atoms with E-state index in [9.17, 15) is 17.6 Å². The second-order valence-corrected chi connectivity index (χ2v) is 8.79. The fourth-order valence-electron chi connectivity index (χ4n) is 2.93. The molecule has 2 aromatic rings. The highest BCUT2D eigenvalue weighted by Gasteiger charge is 2.39. The zero-order valence-corrected chi connectivity index (χ0v) is 15.9. The molecule has 0 unspecified atom stereocenters. The van der Waals surface area contributed by atoms with Crippen LogP contribution in [0, 0.1) is 5.82 Å². The normalized spacial score (nSPS) is 17.4. The summed E-state index contributed by atoms with van der Waals surface area (Å²) in [4.78, 5) is 12.3. The van der Waals surface area contributed by atoms with E-state index in [-0.39, 0.29) is 4.90 Å². The van der Waals surface area contributed by atoms with Crippen LogP contribution in [0.15, 0.2) is 53.4 Å². The van der Waals surface area contributed by atoms with Gasteiger partial charge >= 0.3 is 0 Å². The third kappa shape index (κ3) is 4.18. The quantitative estimate of drug-likeness (QED) is 0.868. The smallest absolute Gasteiger partial charge is 0.255 e. The van der Waals surface area contributed by atoms with Crippen LogP contribution < -0.4 is 5.32 Å². The average molecular weight is 392 g/mol. The third-order valence-electron chi connectivity index (χ3n) is 4.38. The molecular formula is C19H21FN2O4S. The number of sulfonamides is 1. The van der Waals surface area contributed by atoms with E-state index in [1.54, 1.807) is 0 Å². The first-order chi connectivity index (χ1) is 12.7. The molecule has 6 nitrogen and oxygen atoms in total. The summed E-state index contributed by atoms with van der Waals surface area (Å²) in [7, 11) is -3.67. The molecule has 3 rings (SSSR count). The molecule has 0 bridgehead atoms. The molecule has 1 N–H and O–H groups in total. The topological polar surface area (TPSA) is 75.7 Å². The van der Waals surface area contributed by atoms with E-state index in [1.165, 1.54) is 52.8 Å². The number of carbonyl (C=O) groups excluding carboxylic acids is 1. The number of halogens is 1. The fourth-order valence-corrected chi connectivity index (χ4v) is 4.68. The van der Waals surface area contributed by atoms with Crippen LogP contribution in [0.25, 0.3) is 0 Å². The Morgan fingerprint density at radius 3 is 2.33 bits per heavy atom. The number of benzene rings is 2. The van der Waals surface area contributed by atoms with E-state index in [1.807, 2.05) is 13.8 Å². The number of ether oxygens (including phenoxy) is 1. The van der Waals surface area contributed by atoms with Crippen molar-refractivity contribution in [2.24, 2.45) is 0 Å². The van der Waals surface area contributed by atoms with E-state index in [0.717, 1.165) is 0 Å². The Kier molecular flexibility index (Phi) is 5.32. The van der Waals surface area contributed by atoms with Gasteiger partial charge in [0.15, 0.2) is 0 Å². The van der Waals surface area contributed by atoms with Crippen LogP contribution in [0.5, 0.6) is 0 Å². The highest BCUT2D eigenvalue weighted by atomic mass is 32.2. The monoisotopic (exact) mass is 392 g/mol. The molecule has 0 atom stereocenters. The number of hydrogen-bond acceptors (Lipinski definition) is 4. The van der Waals surface area contributed by atoms with Gasteiger partial charge in [0, 0.05) is 17.8 Å². The number of morpholine rings is 1. The van der Waals surface area contributed by atoms with Crippen LogP contribution in [0.4, 0.5) is 10.1 Å². The summed E-state index contributed by atoms with van der Waals surface area (Å²) >= 11 is 0. The van der Waals surface area contributed by atoms with E-state index in [4.69, 9.17) is 4.74 Å². The van der Waals surface area contributed by atoms with Crippen molar-refractivity contribution in [1.29, 1.82) is 0 Å². The molecule has 1 aliphatic rings. The minimum Gasteiger partial charge on any atom is -0.378 e. The van der Waals surface area contributed by atoms with Gasteiger partial charge in [0.2, 0.25) is 10.0 Å². The third-order valence-corrected chi connectivity index (χ3v) is 6.50. The van der Waals surface area contributed by atoms with Crippen LogP contribution in [-0.2, 0) is 14.8 Å². The molecule has 1 amide bonds. The Labute approximate surface area is 158 Å². The Morgan fingerprint density at radius 1 is 1.11 bits per heavy atom. The number of anilines is 1. The van der Waals surface area contributed by atoms with Gasteiger partial charge in [-0.3, -0.25) is 4.79 Å². The largest absolute Gasteiger partial charge is 0.378 e. The van der Waals surface area contributed by atoms with Crippen molar-refractivity contribution in [2.45, 2.75) is 24.3 Å². The lowest BCUT2D eigenvalue weighted by molar-refractivity contribution is -0.00770. The molecule has 8 heteroatoms. The lowest BCUT2D eigenvalue weighted by Crippen LogP contribution is -2.55. The molecule has 2 aromatic carbocycles.